The highest BCUT2D eigenvalue weighted by atomic mass is 35.5. The van der Waals surface area contributed by atoms with Crippen molar-refractivity contribution < 1.29 is 9.59 Å². The van der Waals surface area contributed by atoms with Crippen molar-refractivity contribution in [2.75, 3.05) is 17.2 Å². The van der Waals surface area contributed by atoms with Crippen molar-refractivity contribution in [3.8, 4) is 0 Å². The molecule has 5 nitrogen and oxygen atoms in total. The van der Waals surface area contributed by atoms with Crippen molar-refractivity contribution in [3.05, 3.63) is 59.1 Å². The van der Waals surface area contributed by atoms with Crippen LogP contribution in [0.1, 0.15) is 12.0 Å². The molecule has 2 aromatic carbocycles. The quantitative estimate of drug-likeness (QED) is 0.780. The molecule has 0 aliphatic rings. The number of aryl methyl sites for hydroxylation is 1. The number of amides is 3. The van der Waals surface area contributed by atoms with Gasteiger partial charge in [-0.2, -0.15) is 0 Å². The lowest BCUT2D eigenvalue weighted by molar-refractivity contribution is -0.116. The van der Waals surface area contributed by atoms with Crippen LogP contribution in [0.5, 0.6) is 0 Å². The minimum absolute atomic E-state index is 0.171. The predicted molar refractivity (Wildman–Crippen MR) is 92.9 cm³/mol. The van der Waals surface area contributed by atoms with Gasteiger partial charge in [-0.05, 0) is 42.8 Å². The molecule has 0 aromatic heterocycles. The lowest BCUT2D eigenvalue weighted by atomic mass is 10.2. The monoisotopic (exact) mass is 331 g/mol. The van der Waals surface area contributed by atoms with E-state index in [1.807, 2.05) is 25.1 Å². The maximum Gasteiger partial charge on any atom is 0.319 e. The molecule has 0 atom stereocenters. The van der Waals surface area contributed by atoms with Crippen LogP contribution in [0.15, 0.2) is 48.5 Å². The molecule has 23 heavy (non-hydrogen) atoms. The van der Waals surface area contributed by atoms with Crippen LogP contribution >= 0.6 is 11.6 Å². The van der Waals surface area contributed by atoms with E-state index in [-0.39, 0.29) is 24.9 Å². The second-order valence-corrected chi connectivity index (χ2v) is 5.44. The number of hydrogen-bond donors (Lipinski definition) is 3. The number of para-hydroxylation sites is 1. The minimum atomic E-state index is -0.341. The lowest BCUT2D eigenvalue weighted by Crippen LogP contribution is -2.31. The van der Waals surface area contributed by atoms with Gasteiger partial charge >= 0.3 is 6.03 Å². The predicted octanol–water partition coefficient (Wildman–Crippen LogP) is 3.80. The van der Waals surface area contributed by atoms with E-state index in [2.05, 4.69) is 16.0 Å². The summed E-state index contributed by atoms with van der Waals surface area (Å²) in [5.74, 6) is -0.171. The third-order valence-electron chi connectivity index (χ3n) is 3.13. The first-order valence-electron chi connectivity index (χ1n) is 7.20. The Morgan fingerprint density at radius 3 is 2.48 bits per heavy atom. The topological polar surface area (TPSA) is 70.2 Å². The zero-order valence-corrected chi connectivity index (χ0v) is 13.5. The maximum atomic E-state index is 11.9. The van der Waals surface area contributed by atoms with Crippen LogP contribution < -0.4 is 16.0 Å². The van der Waals surface area contributed by atoms with Gasteiger partial charge in [-0.25, -0.2) is 4.79 Å². The molecule has 0 aliphatic heterocycles. The third kappa shape index (κ3) is 5.64. The number of anilines is 2. The number of rotatable bonds is 5. The van der Waals surface area contributed by atoms with Gasteiger partial charge in [0.1, 0.15) is 0 Å². The van der Waals surface area contributed by atoms with E-state index in [0.717, 1.165) is 5.56 Å². The van der Waals surface area contributed by atoms with Crippen LogP contribution in [-0.4, -0.2) is 18.5 Å². The Hall–Kier alpha value is -2.53. The van der Waals surface area contributed by atoms with Crippen molar-refractivity contribution >= 4 is 34.9 Å². The first kappa shape index (κ1) is 16.8. The van der Waals surface area contributed by atoms with Gasteiger partial charge < -0.3 is 16.0 Å². The van der Waals surface area contributed by atoms with E-state index < -0.39 is 0 Å². The van der Waals surface area contributed by atoms with Crippen LogP contribution in [0, 0.1) is 6.92 Å². The Morgan fingerprint density at radius 1 is 1.04 bits per heavy atom. The largest absolute Gasteiger partial charge is 0.337 e. The average molecular weight is 332 g/mol. The van der Waals surface area contributed by atoms with Crippen LogP contribution in [0.3, 0.4) is 0 Å². The van der Waals surface area contributed by atoms with Gasteiger partial charge in [0.2, 0.25) is 5.91 Å². The number of hydrogen-bond acceptors (Lipinski definition) is 2. The smallest absolute Gasteiger partial charge is 0.319 e. The van der Waals surface area contributed by atoms with Gasteiger partial charge in [0.25, 0.3) is 0 Å². The number of urea groups is 1. The van der Waals surface area contributed by atoms with Gasteiger partial charge in [0.05, 0.1) is 0 Å². The van der Waals surface area contributed by atoms with Gasteiger partial charge in [-0.3, -0.25) is 4.79 Å². The summed E-state index contributed by atoms with van der Waals surface area (Å²) in [7, 11) is 0. The Labute approximate surface area is 140 Å². The van der Waals surface area contributed by atoms with Gasteiger partial charge in [0, 0.05) is 29.4 Å². The standard InChI is InChI=1S/C17H18ClN3O2/c1-12-11-13(18)7-8-15(12)21-16(22)9-10-19-17(23)20-14-5-3-2-4-6-14/h2-8,11H,9-10H2,1H3,(H,21,22)(H2,19,20,23). The summed E-state index contributed by atoms with van der Waals surface area (Å²) in [5.41, 5.74) is 2.31. The van der Waals surface area contributed by atoms with Crippen molar-refractivity contribution in [1.29, 1.82) is 0 Å². The highest BCUT2D eigenvalue weighted by Gasteiger charge is 2.06. The molecule has 120 valence electrons. The average Bonchev–Trinajstić information content (AvgIpc) is 2.51. The molecule has 0 heterocycles. The first-order chi connectivity index (χ1) is 11.0. The fraction of sp³-hybridized carbons (Fsp3) is 0.176. The van der Waals surface area contributed by atoms with Crippen molar-refractivity contribution in [3.63, 3.8) is 0 Å². The van der Waals surface area contributed by atoms with Crippen LogP contribution in [0.2, 0.25) is 5.02 Å². The molecular formula is C17H18ClN3O2. The highest BCUT2D eigenvalue weighted by molar-refractivity contribution is 6.30. The molecule has 2 rings (SSSR count). The van der Waals surface area contributed by atoms with E-state index >= 15 is 0 Å². The van der Waals surface area contributed by atoms with Gasteiger partial charge in [-0.15, -0.1) is 0 Å². The van der Waals surface area contributed by atoms with Crippen LogP contribution in [0.25, 0.3) is 0 Å². The SMILES string of the molecule is Cc1cc(Cl)ccc1NC(=O)CCNC(=O)Nc1ccccc1. The van der Waals surface area contributed by atoms with E-state index in [9.17, 15) is 9.59 Å². The third-order valence-corrected chi connectivity index (χ3v) is 3.37. The van der Waals surface area contributed by atoms with Gasteiger partial charge in [0.15, 0.2) is 0 Å². The van der Waals surface area contributed by atoms with E-state index in [1.54, 1.807) is 30.3 Å². The molecule has 0 fully saturated rings. The van der Waals surface area contributed by atoms with E-state index in [1.165, 1.54) is 0 Å². The molecule has 0 bridgehead atoms. The first-order valence-corrected chi connectivity index (χ1v) is 7.58. The normalized spacial score (nSPS) is 10.0. The number of benzene rings is 2. The number of carbonyl (C=O) groups is 2. The minimum Gasteiger partial charge on any atom is -0.337 e. The Kier molecular flexibility index (Phi) is 6.00. The highest BCUT2D eigenvalue weighted by Crippen LogP contribution is 2.19. The van der Waals surface area contributed by atoms with E-state index in [0.29, 0.717) is 16.4 Å². The van der Waals surface area contributed by atoms with Crippen molar-refractivity contribution in [2.24, 2.45) is 0 Å². The Morgan fingerprint density at radius 2 is 1.78 bits per heavy atom. The fourth-order valence-corrected chi connectivity index (χ4v) is 2.19. The summed E-state index contributed by atoms with van der Waals surface area (Å²) in [6, 6.07) is 14.0. The number of nitrogens with one attached hydrogen (secondary N) is 3. The van der Waals surface area contributed by atoms with Crippen molar-refractivity contribution in [1.82, 2.24) is 5.32 Å². The molecule has 3 N–H and O–H groups in total. The number of halogens is 1. The fourth-order valence-electron chi connectivity index (χ4n) is 1.97. The van der Waals surface area contributed by atoms with Crippen molar-refractivity contribution in [2.45, 2.75) is 13.3 Å². The van der Waals surface area contributed by atoms with Crippen LogP contribution in [0.4, 0.5) is 16.2 Å². The second kappa shape index (κ2) is 8.19. The molecule has 0 spiro atoms. The lowest BCUT2D eigenvalue weighted by Gasteiger charge is -2.10. The number of carbonyl (C=O) groups excluding carboxylic acids is 2. The summed E-state index contributed by atoms with van der Waals surface area (Å²) < 4.78 is 0. The summed E-state index contributed by atoms with van der Waals surface area (Å²) >= 11 is 5.87. The molecule has 0 saturated heterocycles. The Balaban J connectivity index is 1.73. The maximum absolute atomic E-state index is 11.9. The molecule has 0 saturated carbocycles. The molecule has 3 amide bonds. The molecule has 0 radical (unpaired) electrons. The summed E-state index contributed by atoms with van der Waals surface area (Å²) in [6.45, 7) is 2.12. The summed E-state index contributed by atoms with van der Waals surface area (Å²) in [4.78, 5) is 23.5. The summed E-state index contributed by atoms with van der Waals surface area (Å²) in [6.07, 6.45) is 0.185. The Bertz CT molecular complexity index is 689. The molecule has 0 aliphatic carbocycles. The molecule has 6 heteroatoms. The molecule has 0 unspecified atom stereocenters. The molecular weight excluding hydrogens is 314 g/mol. The zero-order chi connectivity index (χ0) is 16.7. The molecule has 2 aromatic rings. The second-order valence-electron chi connectivity index (χ2n) is 5.00. The zero-order valence-electron chi connectivity index (χ0n) is 12.7. The van der Waals surface area contributed by atoms with Gasteiger partial charge in [-0.1, -0.05) is 29.8 Å². The van der Waals surface area contributed by atoms with E-state index in [4.69, 9.17) is 11.6 Å². The van der Waals surface area contributed by atoms with Crippen LogP contribution in [-0.2, 0) is 4.79 Å². The summed E-state index contributed by atoms with van der Waals surface area (Å²) in [5, 5.41) is 8.74.